The molecule has 0 rings (SSSR count). The van der Waals surface area contributed by atoms with Crippen LogP contribution in [0.2, 0.25) is 0 Å². The number of allylic oxidation sites excluding steroid dienone is 3. The molecule has 1 N–H and O–H groups in total. The van der Waals surface area contributed by atoms with Crippen molar-refractivity contribution in [3.63, 3.8) is 0 Å². The van der Waals surface area contributed by atoms with E-state index in [1.54, 1.807) is 6.08 Å². The first-order valence-corrected chi connectivity index (χ1v) is 3.28. The Morgan fingerprint density at radius 3 is 2.33 bits per heavy atom. The predicted octanol–water partition coefficient (Wildman–Crippen LogP) is 1.89. The highest BCUT2D eigenvalue weighted by atomic mass is 16.2. The van der Waals surface area contributed by atoms with Gasteiger partial charge in [0, 0.05) is 0 Å². The van der Waals surface area contributed by atoms with Gasteiger partial charge in [-0.05, 0) is 19.8 Å². The monoisotopic (exact) mass is 126 g/mol. The maximum absolute atomic E-state index is 8.32. The number of unbranched alkanes of at least 4 members (excludes halogenated alkanes) is 1. The zero-order valence-corrected chi connectivity index (χ0v) is 5.88. The van der Waals surface area contributed by atoms with Gasteiger partial charge < -0.3 is 5.11 Å². The Bertz CT molecular complexity index is 92.7. The van der Waals surface area contributed by atoms with E-state index >= 15 is 0 Å². The highest BCUT2D eigenvalue weighted by Crippen LogP contribution is 1.91. The van der Waals surface area contributed by atoms with Crippen LogP contribution >= 0.6 is 0 Å². The molecule has 0 aromatic rings. The van der Waals surface area contributed by atoms with Crippen molar-refractivity contribution in [1.29, 1.82) is 0 Å². The topological polar surface area (TPSA) is 20.2 Å². The standard InChI is InChI=1S/C8H14O/c1-2-3-4-5-6-7-8-9/h2-3,6-7,9H,4-5,8H2,1H3/b3-2?,7-6+. The second-order valence-corrected chi connectivity index (χ2v) is 1.80. The van der Waals surface area contributed by atoms with Gasteiger partial charge in [0.2, 0.25) is 0 Å². The average Bonchev–Trinajstić information content (AvgIpc) is 1.89. The number of rotatable bonds is 4. The molecule has 0 unspecified atom stereocenters. The van der Waals surface area contributed by atoms with Gasteiger partial charge in [0.1, 0.15) is 0 Å². The highest BCUT2D eigenvalue weighted by Gasteiger charge is 1.72. The molecular weight excluding hydrogens is 112 g/mol. The van der Waals surface area contributed by atoms with Gasteiger partial charge in [-0.1, -0.05) is 24.3 Å². The lowest BCUT2D eigenvalue weighted by Crippen LogP contribution is -1.70. The molecule has 52 valence electrons. The lowest BCUT2D eigenvalue weighted by atomic mass is 10.3. The molecular formula is C8H14O. The third-order valence-electron chi connectivity index (χ3n) is 1.01. The summed E-state index contributed by atoms with van der Waals surface area (Å²) < 4.78 is 0. The van der Waals surface area contributed by atoms with Gasteiger partial charge in [-0.2, -0.15) is 0 Å². The van der Waals surface area contributed by atoms with Crippen LogP contribution in [0, 0.1) is 0 Å². The van der Waals surface area contributed by atoms with Crippen molar-refractivity contribution in [3.05, 3.63) is 24.3 Å². The molecule has 0 aromatic heterocycles. The van der Waals surface area contributed by atoms with Crippen LogP contribution in [0.3, 0.4) is 0 Å². The molecule has 0 saturated heterocycles. The minimum atomic E-state index is 0.163. The van der Waals surface area contributed by atoms with Crippen molar-refractivity contribution in [3.8, 4) is 0 Å². The van der Waals surface area contributed by atoms with Crippen LogP contribution in [0.1, 0.15) is 19.8 Å². The molecule has 0 radical (unpaired) electrons. The highest BCUT2D eigenvalue weighted by molar-refractivity contribution is 4.85. The Balaban J connectivity index is 2.99. The van der Waals surface area contributed by atoms with Crippen LogP contribution < -0.4 is 0 Å². The largest absolute Gasteiger partial charge is 0.392 e. The number of aliphatic hydroxyl groups is 1. The van der Waals surface area contributed by atoms with E-state index in [0.29, 0.717) is 0 Å². The van der Waals surface area contributed by atoms with Gasteiger partial charge in [0.15, 0.2) is 0 Å². The number of aliphatic hydroxyl groups excluding tert-OH is 1. The summed E-state index contributed by atoms with van der Waals surface area (Å²) in [5.41, 5.74) is 0. The van der Waals surface area contributed by atoms with Gasteiger partial charge in [0.05, 0.1) is 6.61 Å². The van der Waals surface area contributed by atoms with Crippen molar-refractivity contribution in [2.45, 2.75) is 19.8 Å². The zero-order valence-electron chi connectivity index (χ0n) is 5.88. The van der Waals surface area contributed by atoms with Crippen LogP contribution in [-0.2, 0) is 0 Å². The first-order chi connectivity index (χ1) is 4.41. The van der Waals surface area contributed by atoms with E-state index < -0.39 is 0 Å². The maximum Gasteiger partial charge on any atom is 0.0612 e. The van der Waals surface area contributed by atoms with Gasteiger partial charge in [-0.25, -0.2) is 0 Å². The van der Waals surface area contributed by atoms with Gasteiger partial charge >= 0.3 is 0 Å². The van der Waals surface area contributed by atoms with Crippen LogP contribution in [0.25, 0.3) is 0 Å². The van der Waals surface area contributed by atoms with E-state index in [9.17, 15) is 0 Å². The average molecular weight is 126 g/mol. The third kappa shape index (κ3) is 7.44. The molecule has 0 heterocycles. The molecule has 0 aliphatic rings. The molecule has 0 bridgehead atoms. The van der Waals surface area contributed by atoms with Crippen LogP contribution in [0.15, 0.2) is 24.3 Å². The summed E-state index contributed by atoms with van der Waals surface area (Å²) in [4.78, 5) is 0. The van der Waals surface area contributed by atoms with Crippen molar-refractivity contribution >= 4 is 0 Å². The summed E-state index contributed by atoms with van der Waals surface area (Å²) in [6.45, 7) is 2.17. The lowest BCUT2D eigenvalue weighted by molar-refractivity contribution is 0.342. The Labute approximate surface area is 56.7 Å². The van der Waals surface area contributed by atoms with Crippen molar-refractivity contribution in [2.75, 3.05) is 6.61 Å². The van der Waals surface area contributed by atoms with Gasteiger partial charge in [-0.15, -0.1) is 0 Å². The lowest BCUT2D eigenvalue weighted by Gasteiger charge is -1.83. The van der Waals surface area contributed by atoms with Crippen LogP contribution in [0.4, 0.5) is 0 Å². The first kappa shape index (κ1) is 8.44. The second kappa shape index (κ2) is 7.44. The fourth-order valence-corrected chi connectivity index (χ4v) is 0.552. The summed E-state index contributed by atoms with van der Waals surface area (Å²) in [6.07, 6.45) is 10.0. The summed E-state index contributed by atoms with van der Waals surface area (Å²) in [7, 11) is 0. The molecule has 0 amide bonds. The Kier molecular flexibility index (Phi) is 6.98. The third-order valence-corrected chi connectivity index (χ3v) is 1.01. The Morgan fingerprint density at radius 2 is 1.78 bits per heavy atom. The summed E-state index contributed by atoms with van der Waals surface area (Å²) >= 11 is 0. The Morgan fingerprint density at radius 1 is 1.11 bits per heavy atom. The number of hydrogen-bond acceptors (Lipinski definition) is 1. The fraction of sp³-hybridized carbons (Fsp3) is 0.500. The summed E-state index contributed by atoms with van der Waals surface area (Å²) in [5, 5.41) is 8.32. The SMILES string of the molecule is CC=CCC/C=C/CO. The number of hydrogen-bond donors (Lipinski definition) is 1. The maximum atomic E-state index is 8.32. The normalized spacial score (nSPS) is 11.8. The van der Waals surface area contributed by atoms with E-state index in [4.69, 9.17) is 5.11 Å². The Hall–Kier alpha value is -0.560. The van der Waals surface area contributed by atoms with E-state index in [-0.39, 0.29) is 6.61 Å². The van der Waals surface area contributed by atoms with Gasteiger partial charge in [-0.3, -0.25) is 0 Å². The summed E-state index contributed by atoms with van der Waals surface area (Å²) in [6, 6.07) is 0. The van der Waals surface area contributed by atoms with E-state index in [0.717, 1.165) is 12.8 Å². The van der Waals surface area contributed by atoms with E-state index in [1.165, 1.54) is 0 Å². The molecule has 0 aliphatic heterocycles. The molecule has 0 saturated carbocycles. The molecule has 0 aromatic carbocycles. The van der Waals surface area contributed by atoms with E-state index in [2.05, 4.69) is 6.08 Å². The minimum Gasteiger partial charge on any atom is -0.392 e. The molecule has 0 aliphatic carbocycles. The van der Waals surface area contributed by atoms with Crippen molar-refractivity contribution in [2.24, 2.45) is 0 Å². The van der Waals surface area contributed by atoms with Gasteiger partial charge in [0.25, 0.3) is 0 Å². The quantitative estimate of drug-likeness (QED) is 0.450. The van der Waals surface area contributed by atoms with Crippen molar-refractivity contribution in [1.82, 2.24) is 0 Å². The van der Waals surface area contributed by atoms with Crippen LogP contribution in [-0.4, -0.2) is 11.7 Å². The summed E-state index contributed by atoms with van der Waals surface area (Å²) in [5.74, 6) is 0. The fourth-order valence-electron chi connectivity index (χ4n) is 0.552. The molecule has 1 nitrogen and oxygen atoms in total. The molecule has 1 heteroatoms. The molecule has 0 fully saturated rings. The van der Waals surface area contributed by atoms with Crippen LogP contribution in [0.5, 0.6) is 0 Å². The minimum absolute atomic E-state index is 0.163. The molecule has 0 atom stereocenters. The second-order valence-electron chi connectivity index (χ2n) is 1.80. The zero-order chi connectivity index (χ0) is 6.95. The molecule has 0 spiro atoms. The smallest absolute Gasteiger partial charge is 0.0612 e. The first-order valence-electron chi connectivity index (χ1n) is 3.28. The predicted molar refractivity (Wildman–Crippen MR) is 40.3 cm³/mol. The van der Waals surface area contributed by atoms with Crippen molar-refractivity contribution < 1.29 is 5.11 Å². The van der Waals surface area contributed by atoms with E-state index in [1.807, 2.05) is 19.1 Å². The molecule has 9 heavy (non-hydrogen) atoms.